The van der Waals surface area contributed by atoms with Crippen molar-refractivity contribution in [3.05, 3.63) is 47.7 Å². The van der Waals surface area contributed by atoms with E-state index >= 15 is 0 Å². The highest BCUT2D eigenvalue weighted by Gasteiger charge is 2.31. The van der Waals surface area contributed by atoms with Crippen LogP contribution in [0, 0.1) is 0 Å². The standard InChI is InChI=1S/C22H30N3O3S.CH4O/c1-3-4-5-9-15-27-21-20(23-29-24-21)19-13-10-14-25(2,16-19)17-28-22(26)18-11-7-6-8-12-18;1-2/h6-8,11-13H,3-5,9-10,14-17H2,1-2H3;2H,1H3/q+1;. The number of likely N-dealkylation sites (N-methyl/N-ethyl adjacent to an activating group) is 1. The van der Waals surface area contributed by atoms with Gasteiger partial charge in [0, 0.05) is 19.1 Å². The van der Waals surface area contributed by atoms with Crippen LogP contribution in [-0.4, -0.2) is 64.9 Å². The van der Waals surface area contributed by atoms with Crippen molar-refractivity contribution in [1.82, 2.24) is 8.75 Å². The highest BCUT2D eigenvalue weighted by molar-refractivity contribution is 6.99. The molecule has 0 fully saturated rings. The molecule has 1 N–H and O–H groups in total. The Labute approximate surface area is 189 Å². The number of nitrogens with zero attached hydrogens (tertiary/aromatic N) is 3. The molecule has 0 radical (unpaired) electrons. The zero-order valence-electron chi connectivity index (χ0n) is 18.7. The molecule has 1 unspecified atom stereocenters. The van der Waals surface area contributed by atoms with E-state index in [1.165, 1.54) is 31.0 Å². The van der Waals surface area contributed by atoms with E-state index in [1.54, 1.807) is 12.1 Å². The minimum Gasteiger partial charge on any atom is -0.475 e. The zero-order valence-corrected chi connectivity index (χ0v) is 19.6. The normalized spacial score (nSPS) is 17.9. The fourth-order valence-corrected chi connectivity index (χ4v) is 3.96. The molecule has 0 aliphatic carbocycles. The van der Waals surface area contributed by atoms with E-state index < -0.39 is 0 Å². The summed E-state index contributed by atoms with van der Waals surface area (Å²) in [4.78, 5) is 12.3. The van der Waals surface area contributed by atoms with Crippen molar-refractivity contribution in [2.45, 2.75) is 39.0 Å². The quantitative estimate of drug-likeness (QED) is 0.334. The third-order valence-electron chi connectivity index (χ3n) is 5.13. The summed E-state index contributed by atoms with van der Waals surface area (Å²) >= 11 is 1.19. The smallest absolute Gasteiger partial charge is 0.342 e. The molecule has 2 heterocycles. The van der Waals surface area contributed by atoms with Crippen LogP contribution in [0.1, 0.15) is 55.1 Å². The number of benzene rings is 1. The van der Waals surface area contributed by atoms with Gasteiger partial charge in [0.05, 0.1) is 37.5 Å². The van der Waals surface area contributed by atoms with Crippen LogP contribution in [0.25, 0.3) is 5.57 Å². The number of carbonyl (C=O) groups is 1. The van der Waals surface area contributed by atoms with Gasteiger partial charge in [0.25, 0.3) is 5.88 Å². The van der Waals surface area contributed by atoms with Gasteiger partial charge in [-0.3, -0.25) is 4.48 Å². The molecule has 0 spiro atoms. The van der Waals surface area contributed by atoms with E-state index in [0.29, 0.717) is 29.3 Å². The van der Waals surface area contributed by atoms with Crippen LogP contribution in [0.4, 0.5) is 0 Å². The molecule has 1 aliphatic rings. The molecule has 2 aromatic rings. The number of hydrogen-bond acceptors (Lipinski definition) is 7. The summed E-state index contributed by atoms with van der Waals surface area (Å²) < 4.78 is 21.0. The molecule has 0 bridgehead atoms. The average molecular weight is 449 g/mol. The predicted octanol–water partition coefficient (Wildman–Crippen LogP) is 4.15. The number of esters is 1. The molecule has 1 aliphatic heterocycles. The third-order valence-corrected chi connectivity index (χ3v) is 5.64. The molecule has 0 saturated heterocycles. The van der Waals surface area contributed by atoms with Crippen molar-refractivity contribution >= 4 is 23.3 Å². The molecule has 0 saturated carbocycles. The van der Waals surface area contributed by atoms with Gasteiger partial charge in [-0.15, -0.1) is 4.37 Å². The van der Waals surface area contributed by atoms with Gasteiger partial charge >= 0.3 is 5.97 Å². The minimum atomic E-state index is -0.285. The molecule has 1 aromatic carbocycles. The number of carbonyl (C=O) groups excluding carboxylic acids is 1. The van der Waals surface area contributed by atoms with Gasteiger partial charge in [0.1, 0.15) is 12.2 Å². The van der Waals surface area contributed by atoms with E-state index in [0.717, 1.165) is 44.3 Å². The molecule has 0 amide bonds. The van der Waals surface area contributed by atoms with Crippen LogP contribution in [0.3, 0.4) is 0 Å². The molecule has 1 atom stereocenters. The molecule has 8 heteroatoms. The highest BCUT2D eigenvalue weighted by Crippen LogP contribution is 2.30. The van der Waals surface area contributed by atoms with Gasteiger partial charge in [-0.1, -0.05) is 50.5 Å². The Balaban J connectivity index is 0.00000166. The van der Waals surface area contributed by atoms with E-state index in [4.69, 9.17) is 14.6 Å². The van der Waals surface area contributed by atoms with E-state index in [-0.39, 0.29) is 5.97 Å². The first-order valence-corrected chi connectivity index (χ1v) is 11.5. The first-order chi connectivity index (χ1) is 15.1. The van der Waals surface area contributed by atoms with Gasteiger partial charge in [0.2, 0.25) is 6.73 Å². The highest BCUT2D eigenvalue weighted by atomic mass is 32.1. The second-order valence-corrected chi connectivity index (χ2v) is 8.30. The van der Waals surface area contributed by atoms with E-state index in [9.17, 15) is 4.79 Å². The summed E-state index contributed by atoms with van der Waals surface area (Å²) in [5.41, 5.74) is 2.53. The fourth-order valence-electron chi connectivity index (χ4n) is 3.43. The fraction of sp³-hybridized carbons (Fsp3) is 0.522. The second kappa shape index (κ2) is 13.2. The van der Waals surface area contributed by atoms with Crippen LogP contribution in [0.5, 0.6) is 5.88 Å². The molecule has 7 nitrogen and oxygen atoms in total. The van der Waals surface area contributed by atoms with E-state index in [1.807, 2.05) is 18.2 Å². The number of aliphatic hydroxyl groups is 1. The number of aromatic nitrogens is 2. The topological polar surface area (TPSA) is 81.5 Å². The summed E-state index contributed by atoms with van der Waals surface area (Å²) in [5, 5.41) is 7.00. The lowest BCUT2D eigenvalue weighted by molar-refractivity contribution is -0.919. The molecular weight excluding hydrogens is 414 g/mol. The van der Waals surface area contributed by atoms with Crippen molar-refractivity contribution in [3.8, 4) is 5.88 Å². The summed E-state index contributed by atoms with van der Waals surface area (Å²) in [6, 6.07) is 9.11. The Morgan fingerprint density at radius 2 is 1.94 bits per heavy atom. The number of aliphatic hydroxyl groups excluding tert-OH is 1. The Kier molecular flexibility index (Phi) is 10.6. The monoisotopic (exact) mass is 448 g/mol. The molecule has 3 rings (SSSR count). The van der Waals surface area contributed by atoms with Crippen molar-refractivity contribution in [1.29, 1.82) is 0 Å². The number of quaternary nitrogens is 1. The molecule has 31 heavy (non-hydrogen) atoms. The van der Waals surface area contributed by atoms with Crippen molar-refractivity contribution in [3.63, 3.8) is 0 Å². The molecular formula is C23H34N3O4S+. The zero-order chi connectivity index (χ0) is 22.5. The van der Waals surface area contributed by atoms with Crippen LogP contribution in [0.2, 0.25) is 0 Å². The Morgan fingerprint density at radius 3 is 2.68 bits per heavy atom. The van der Waals surface area contributed by atoms with Gasteiger partial charge < -0.3 is 14.6 Å². The largest absolute Gasteiger partial charge is 0.475 e. The number of hydrogen-bond donors (Lipinski definition) is 1. The van der Waals surface area contributed by atoms with Gasteiger partial charge in [-0.2, -0.15) is 4.37 Å². The Bertz CT molecular complexity index is 825. The number of rotatable bonds is 10. The van der Waals surface area contributed by atoms with Crippen LogP contribution >= 0.6 is 11.7 Å². The SMILES string of the molecule is CCCCCCOc1nsnc1C1=CCC[N+](C)(COC(=O)c2ccccc2)C1.CO. The lowest BCUT2D eigenvalue weighted by Gasteiger charge is -2.36. The summed E-state index contributed by atoms with van der Waals surface area (Å²) in [7, 11) is 3.11. The second-order valence-electron chi connectivity index (χ2n) is 7.77. The third kappa shape index (κ3) is 7.72. The first kappa shape index (κ1) is 25.0. The lowest BCUT2D eigenvalue weighted by Crippen LogP contribution is -2.49. The minimum absolute atomic E-state index is 0.285. The lowest BCUT2D eigenvalue weighted by atomic mass is 10.1. The van der Waals surface area contributed by atoms with Gasteiger partial charge in [0.15, 0.2) is 0 Å². The van der Waals surface area contributed by atoms with Crippen LogP contribution in [0.15, 0.2) is 36.4 Å². The first-order valence-electron chi connectivity index (χ1n) is 10.8. The Morgan fingerprint density at radius 1 is 1.16 bits per heavy atom. The van der Waals surface area contributed by atoms with Gasteiger partial charge in [-0.25, -0.2) is 4.79 Å². The summed E-state index contributed by atoms with van der Waals surface area (Å²) in [6.45, 7) is 4.85. The summed E-state index contributed by atoms with van der Waals surface area (Å²) in [5.74, 6) is 0.347. The number of unbranched alkanes of at least 4 members (excludes halogenated alkanes) is 3. The number of ether oxygens (including phenoxy) is 2. The molecule has 170 valence electrons. The van der Waals surface area contributed by atoms with Crippen molar-refractivity contribution in [2.24, 2.45) is 0 Å². The van der Waals surface area contributed by atoms with E-state index in [2.05, 4.69) is 28.8 Å². The summed E-state index contributed by atoms with van der Waals surface area (Å²) in [6.07, 6.45) is 7.76. The van der Waals surface area contributed by atoms with Gasteiger partial charge in [-0.05, 0) is 18.6 Å². The average Bonchev–Trinajstić information content (AvgIpc) is 3.28. The predicted molar refractivity (Wildman–Crippen MR) is 123 cm³/mol. The van der Waals surface area contributed by atoms with Crippen molar-refractivity contribution in [2.75, 3.05) is 40.6 Å². The molecule has 1 aromatic heterocycles. The Hall–Kier alpha value is -2.29. The maximum atomic E-state index is 12.3. The maximum Gasteiger partial charge on any atom is 0.342 e. The van der Waals surface area contributed by atoms with Crippen LogP contribution in [-0.2, 0) is 4.74 Å². The van der Waals surface area contributed by atoms with Crippen molar-refractivity contribution < 1.29 is 23.9 Å². The maximum absolute atomic E-state index is 12.3. The van der Waals surface area contributed by atoms with Crippen LogP contribution < -0.4 is 4.74 Å².